The first-order chi connectivity index (χ1) is 9.32. The number of benzene rings is 1. The number of hydrogen-bond acceptors (Lipinski definition) is 3. The van der Waals surface area contributed by atoms with E-state index < -0.39 is 5.67 Å². The van der Waals surface area contributed by atoms with Crippen LogP contribution in [-0.4, -0.2) is 26.1 Å². The maximum absolute atomic E-state index is 13.4. The van der Waals surface area contributed by atoms with Gasteiger partial charge in [0, 0.05) is 19.8 Å². The Morgan fingerprint density at radius 2 is 1.45 bits per heavy atom. The average molecular weight is 286 g/mol. The lowest BCUT2D eigenvalue weighted by Gasteiger charge is -2.14. The van der Waals surface area contributed by atoms with Crippen molar-refractivity contribution >= 4 is 12.5 Å². The van der Waals surface area contributed by atoms with Crippen LogP contribution in [0.25, 0.3) is 5.76 Å². The van der Waals surface area contributed by atoms with E-state index in [1.54, 1.807) is 38.5 Å². The smallest absolute Gasteiger partial charge is 0.130 e. The van der Waals surface area contributed by atoms with Gasteiger partial charge in [0.25, 0.3) is 0 Å². The number of aliphatic hydroxyl groups excluding tert-OH is 1. The molecule has 3 nitrogen and oxygen atoms in total. The molecule has 20 heavy (non-hydrogen) atoms. The molecule has 0 aliphatic carbocycles. The standard InChI is InChI=1S/C11H13FO.C2H6O.C2H6.CH2O/c1-8(13)9-4-6-10(7-5-9)11(2,3)12;1-3-2;2*1-2/h4-7,13H,1H2,2-3H3;1-2H3;1-2H3;1H2. The third-order valence-electron chi connectivity index (χ3n) is 1.90. The fourth-order valence-corrected chi connectivity index (χ4v) is 1.06. The molecule has 0 spiro atoms. The Labute approximate surface area is 122 Å². The van der Waals surface area contributed by atoms with Crippen LogP contribution in [0.15, 0.2) is 30.8 Å². The zero-order chi connectivity index (χ0) is 16.8. The molecule has 1 aromatic carbocycles. The molecule has 1 aromatic rings. The molecule has 4 heteroatoms. The van der Waals surface area contributed by atoms with E-state index in [4.69, 9.17) is 9.90 Å². The summed E-state index contributed by atoms with van der Waals surface area (Å²) in [5.41, 5.74) is -0.125. The third kappa shape index (κ3) is 11.4. The van der Waals surface area contributed by atoms with Gasteiger partial charge >= 0.3 is 0 Å². The number of methoxy groups -OCH3 is 1. The number of carbonyl (C=O) groups excluding carboxylic acids is 1. The topological polar surface area (TPSA) is 46.5 Å². The molecule has 0 bridgehead atoms. The summed E-state index contributed by atoms with van der Waals surface area (Å²) in [4.78, 5) is 8.00. The lowest BCUT2D eigenvalue weighted by molar-refractivity contribution is -0.0979. The fourth-order valence-electron chi connectivity index (χ4n) is 1.06. The summed E-state index contributed by atoms with van der Waals surface area (Å²) >= 11 is 0. The Morgan fingerprint density at radius 1 is 1.15 bits per heavy atom. The third-order valence-corrected chi connectivity index (χ3v) is 1.90. The second-order valence-corrected chi connectivity index (χ2v) is 3.90. The van der Waals surface area contributed by atoms with E-state index in [-0.39, 0.29) is 5.76 Å². The molecule has 0 fully saturated rings. The number of ether oxygens (including phenoxy) is 1. The van der Waals surface area contributed by atoms with E-state index in [0.717, 1.165) is 0 Å². The van der Waals surface area contributed by atoms with E-state index >= 15 is 0 Å². The molecule has 0 saturated carbocycles. The van der Waals surface area contributed by atoms with Crippen molar-refractivity contribution in [1.82, 2.24) is 0 Å². The maximum atomic E-state index is 13.4. The average Bonchev–Trinajstić information content (AvgIpc) is 2.43. The van der Waals surface area contributed by atoms with Crippen molar-refractivity contribution in [1.29, 1.82) is 0 Å². The second-order valence-electron chi connectivity index (χ2n) is 3.90. The first-order valence-electron chi connectivity index (χ1n) is 6.19. The van der Waals surface area contributed by atoms with Gasteiger partial charge in [0.2, 0.25) is 0 Å². The maximum Gasteiger partial charge on any atom is 0.130 e. The SMILES string of the molecule is C=C(O)c1ccc(C(C)(C)F)cc1.C=O.CC.COC. The van der Waals surface area contributed by atoms with Crippen molar-refractivity contribution < 1.29 is 19.0 Å². The molecule has 116 valence electrons. The predicted molar refractivity (Wildman–Crippen MR) is 83.6 cm³/mol. The van der Waals surface area contributed by atoms with E-state index in [9.17, 15) is 4.39 Å². The minimum Gasteiger partial charge on any atom is -0.508 e. The minimum absolute atomic E-state index is 0.00298. The lowest BCUT2D eigenvalue weighted by Crippen LogP contribution is -2.08. The number of rotatable bonds is 2. The first kappa shape index (κ1) is 23.4. The van der Waals surface area contributed by atoms with E-state index in [0.29, 0.717) is 11.1 Å². The monoisotopic (exact) mass is 286 g/mol. The number of carbonyl (C=O) groups is 1. The first-order valence-corrected chi connectivity index (χ1v) is 6.19. The molecule has 0 radical (unpaired) electrons. The summed E-state index contributed by atoms with van der Waals surface area (Å²) in [6.07, 6.45) is 0. The lowest BCUT2D eigenvalue weighted by atomic mass is 9.99. The highest BCUT2D eigenvalue weighted by atomic mass is 19.1. The van der Waals surface area contributed by atoms with Crippen LogP contribution in [0, 0.1) is 0 Å². The van der Waals surface area contributed by atoms with Gasteiger partial charge in [0.05, 0.1) is 0 Å². The van der Waals surface area contributed by atoms with Crippen molar-refractivity contribution in [3.63, 3.8) is 0 Å². The summed E-state index contributed by atoms with van der Waals surface area (Å²) in [6, 6.07) is 6.60. The summed E-state index contributed by atoms with van der Waals surface area (Å²) in [5, 5.41) is 9.03. The number of halogens is 1. The summed E-state index contributed by atoms with van der Waals surface area (Å²) in [6.45, 7) is 12.4. The van der Waals surface area contributed by atoms with Crippen molar-refractivity contribution in [2.75, 3.05) is 14.2 Å². The summed E-state index contributed by atoms with van der Waals surface area (Å²) in [7, 11) is 3.25. The number of aliphatic hydroxyl groups is 1. The van der Waals surface area contributed by atoms with Crippen LogP contribution in [-0.2, 0) is 15.2 Å². The predicted octanol–water partition coefficient (Wildman–Crippen LogP) is 4.52. The van der Waals surface area contributed by atoms with E-state index in [1.807, 2.05) is 20.6 Å². The van der Waals surface area contributed by atoms with Gasteiger partial charge < -0.3 is 14.6 Å². The van der Waals surface area contributed by atoms with Crippen LogP contribution in [0.4, 0.5) is 4.39 Å². The van der Waals surface area contributed by atoms with Gasteiger partial charge in [-0.05, 0) is 19.4 Å². The number of alkyl halides is 1. The van der Waals surface area contributed by atoms with Crippen LogP contribution in [0.2, 0.25) is 0 Å². The van der Waals surface area contributed by atoms with Crippen molar-refractivity contribution in [2.45, 2.75) is 33.4 Å². The van der Waals surface area contributed by atoms with E-state index in [1.165, 1.54) is 13.8 Å². The van der Waals surface area contributed by atoms with Gasteiger partial charge in [-0.3, -0.25) is 0 Å². The minimum atomic E-state index is -1.34. The molecule has 0 heterocycles. The molecular weight excluding hydrogens is 259 g/mol. The van der Waals surface area contributed by atoms with Crippen LogP contribution in [0.3, 0.4) is 0 Å². The van der Waals surface area contributed by atoms with Crippen LogP contribution in [0.1, 0.15) is 38.8 Å². The molecular formula is C16H27FO3. The van der Waals surface area contributed by atoms with Gasteiger partial charge in [0.15, 0.2) is 0 Å². The summed E-state index contributed by atoms with van der Waals surface area (Å²) < 4.78 is 17.6. The molecule has 1 N–H and O–H groups in total. The molecule has 0 unspecified atom stereocenters. The van der Waals surface area contributed by atoms with Crippen molar-refractivity contribution in [2.24, 2.45) is 0 Å². The largest absolute Gasteiger partial charge is 0.508 e. The molecule has 0 aliphatic rings. The molecule has 0 amide bonds. The molecule has 0 saturated heterocycles. The van der Waals surface area contributed by atoms with Gasteiger partial charge in [-0.25, -0.2) is 4.39 Å². The van der Waals surface area contributed by atoms with Crippen molar-refractivity contribution in [3.8, 4) is 0 Å². The van der Waals surface area contributed by atoms with Crippen LogP contribution >= 0.6 is 0 Å². The highest BCUT2D eigenvalue weighted by Crippen LogP contribution is 2.25. The van der Waals surface area contributed by atoms with Crippen LogP contribution in [0.5, 0.6) is 0 Å². The van der Waals surface area contributed by atoms with Gasteiger partial charge in [-0.15, -0.1) is 0 Å². The summed E-state index contributed by atoms with van der Waals surface area (Å²) in [5.74, 6) is 0.00298. The Morgan fingerprint density at radius 3 is 1.65 bits per heavy atom. The Balaban J connectivity index is -0.000000355. The van der Waals surface area contributed by atoms with E-state index in [2.05, 4.69) is 11.3 Å². The highest BCUT2D eigenvalue weighted by molar-refractivity contribution is 5.56. The number of hydrogen-bond donors (Lipinski definition) is 1. The Bertz CT molecular complexity index is 340. The van der Waals surface area contributed by atoms with Gasteiger partial charge in [-0.2, -0.15) is 0 Å². The van der Waals surface area contributed by atoms with Gasteiger partial charge in [0.1, 0.15) is 18.2 Å². The van der Waals surface area contributed by atoms with Crippen molar-refractivity contribution in [3.05, 3.63) is 42.0 Å². The van der Waals surface area contributed by atoms with Gasteiger partial charge in [-0.1, -0.05) is 44.7 Å². The molecule has 1 rings (SSSR count). The Hall–Kier alpha value is -1.68. The molecule has 0 aromatic heterocycles. The highest BCUT2D eigenvalue weighted by Gasteiger charge is 2.17. The zero-order valence-corrected chi connectivity index (χ0v) is 13.4. The van der Waals surface area contributed by atoms with Crippen LogP contribution < -0.4 is 0 Å². The molecule has 0 aliphatic heterocycles. The fraction of sp³-hybridized carbons (Fsp3) is 0.438. The normalized spacial score (nSPS) is 8.75. The second kappa shape index (κ2) is 13.7. The quantitative estimate of drug-likeness (QED) is 0.813. The Kier molecular flexibility index (Phi) is 16.1. The molecule has 0 atom stereocenters. The zero-order valence-electron chi connectivity index (χ0n) is 13.4.